The molecule has 1 aromatic rings. The minimum Gasteiger partial charge on any atom is -0.166 e. The molecule has 1 unspecified atom stereocenters. The molecule has 0 nitrogen and oxygen atoms in total. The Hall–Kier alpha value is -0.990. The highest BCUT2D eigenvalue weighted by Crippen LogP contribution is 2.38. The third kappa shape index (κ3) is 1.87. The van der Waals surface area contributed by atoms with Crippen molar-refractivity contribution in [3.8, 4) is 0 Å². The van der Waals surface area contributed by atoms with Crippen molar-refractivity contribution in [1.82, 2.24) is 0 Å². The number of halogens is 3. The fourth-order valence-corrected chi connectivity index (χ4v) is 2.31. The van der Waals surface area contributed by atoms with Crippen molar-refractivity contribution in [2.75, 3.05) is 0 Å². The average molecular weight is 214 g/mol. The van der Waals surface area contributed by atoms with Crippen LogP contribution < -0.4 is 0 Å². The average Bonchev–Trinajstić information content (AvgIpc) is 2.58. The highest BCUT2D eigenvalue weighted by Gasteiger charge is 2.32. The van der Waals surface area contributed by atoms with Crippen LogP contribution in [0.25, 0.3) is 0 Å². The largest absolute Gasteiger partial charge is 0.416 e. The molecule has 0 radical (unpaired) electrons. The number of aryl methyl sites for hydroxylation is 1. The predicted molar refractivity (Wildman–Crippen MR) is 52.8 cm³/mol. The summed E-state index contributed by atoms with van der Waals surface area (Å²) in [6.45, 7) is 2.08. The summed E-state index contributed by atoms with van der Waals surface area (Å²) < 4.78 is 37.3. The Kier molecular flexibility index (Phi) is 2.49. The normalized spacial score (nSPS) is 20.4. The van der Waals surface area contributed by atoms with Crippen molar-refractivity contribution >= 4 is 0 Å². The van der Waals surface area contributed by atoms with E-state index >= 15 is 0 Å². The van der Waals surface area contributed by atoms with Gasteiger partial charge in [0.15, 0.2) is 0 Å². The topological polar surface area (TPSA) is 0 Å². The standard InChI is InChI=1S/C12H13F3/c1-2-8-3-4-9-7-10(12(13,14)15)5-6-11(8)9/h5-8H,2-4H2,1H3. The lowest BCUT2D eigenvalue weighted by Gasteiger charge is -2.11. The minimum absolute atomic E-state index is 0.460. The summed E-state index contributed by atoms with van der Waals surface area (Å²) in [6.07, 6.45) is -1.41. The second-order valence-corrected chi connectivity index (χ2v) is 4.06. The fraction of sp³-hybridized carbons (Fsp3) is 0.500. The van der Waals surface area contributed by atoms with Crippen molar-refractivity contribution < 1.29 is 13.2 Å². The maximum absolute atomic E-state index is 12.4. The minimum atomic E-state index is -4.21. The van der Waals surface area contributed by atoms with Crippen LogP contribution in [0.3, 0.4) is 0 Å². The van der Waals surface area contributed by atoms with Crippen LogP contribution in [0.1, 0.15) is 42.4 Å². The zero-order chi connectivity index (χ0) is 11.1. The third-order valence-corrected chi connectivity index (χ3v) is 3.17. The van der Waals surface area contributed by atoms with E-state index in [-0.39, 0.29) is 0 Å². The molecule has 3 heteroatoms. The van der Waals surface area contributed by atoms with Crippen LogP contribution in [-0.4, -0.2) is 0 Å². The van der Waals surface area contributed by atoms with Crippen LogP contribution in [0.4, 0.5) is 13.2 Å². The molecular weight excluding hydrogens is 201 g/mol. The van der Waals surface area contributed by atoms with Crippen molar-refractivity contribution in [3.63, 3.8) is 0 Å². The number of alkyl halides is 3. The molecule has 0 spiro atoms. The predicted octanol–water partition coefficient (Wildman–Crippen LogP) is 4.15. The molecule has 0 amide bonds. The molecule has 82 valence electrons. The number of benzene rings is 1. The molecule has 0 heterocycles. The first-order valence-electron chi connectivity index (χ1n) is 5.22. The highest BCUT2D eigenvalue weighted by molar-refractivity contribution is 5.39. The summed E-state index contributed by atoms with van der Waals surface area (Å²) in [4.78, 5) is 0. The molecule has 1 atom stereocenters. The summed E-state index contributed by atoms with van der Waals surface area (Å²) in [6, 6.07) is 4.16. The molecule has 0 N–H and O–H groups in total. The molecule has 0 bridgehead atoms. The molecule has 0 fully saturated rings. The summed E-state index contributed by atoms with van der Waals surface area (Å²) in [5.41, 5.74) is 1.49. The van der Waals surface area contributed by atoms with Crippen LogP contribution >= 0.6 is 0 Å². The Labute approximate surface area is 87.1 Å². The van der Waals surface area contributed by atoms with Gasteiger partial charge in [0.05, 0.1) is 5.56 Å². The van der Waals surface area contributed by atoms with E-state index in [2.05, 4.69) is 6.92 Å². The maximum atomic E-state index is 12.4. The monoisotopic (exact) mass is 214 g/mol. The van der Waals surface area contributed by atoms with E-state index in [0.29, 0.717) is 5.92 Å². The van der Waals surface area contributed by atoms with Gasteiger partial charge in [-0.3, -0.25) is 0 Å². The Morgan fingerprint density at radius 2 is 2.07 bits per heavy atom. The summed E-state index contributed by atoms with van der Waals surface area (Å²) in [5.74, 6) is 0.460. The molecule has 1 aromatic carbocycles. The van der Waals surface area contributed by atoms with Crippen LogP contribution in [-0.2, 0) is 12.6 Å². The van der Waals surface area contributed by atoms with Gasteiger partial charge in [-0.25, -0.2) is 0 Å². The Morgan fingerprint density at radius 3 is 2.67 bits per heavy atom. The molecular formula is C12H13F3. The van der Waals surface area contributed by atoms with Gasteiger partial charge in [-0.2, -0.15) is 13.2 Å². The number of rotatable bonds is 1. The lowest BCUT2D eigenvalue weighted by atomic mass is 9.97. The lowest BCUT2D eigenvalue weighted by molar-refractivity contribution is -0.137. The maximum Gasteiger partial charge on any atom is 0.416 e. The summed E-state index contributed by atoms with van der Waals surface area (Å²) in [5, 5.41) is 0. The van der Waals surface area contributed by atoms with Crippen LogP contribution in [0.2, 0.25) is 0 Å². The van der Waals surface area contributed by atoms with E-state index in [1.165, 1.54) is 12.1 Å². The molecule has 0 aromatic heterocycles. The summed E-state index contributed by atoms with van der Waals surface area (Å²) in [7, 11) is 0. The Balaban J connectivity index is 2.37. The van der Waals surface area contributed by atoms with E-state index in [1.807, 2.05) is 0 Å². The SMILES string of the molecule is CCC1CCc2cc(C(F)(F)F)ccc21. The zero-order valence-corrected chi connectivity index (χ0v) is 8.56. The molecule has 1 aliphatic rings. The molecule has 0 saturated carbocycles. The number of hydrogen-bond acceptors (Lipinski definition) is 0. The van der Waals surface area contributed by atoms with Gasteiger partial charge in [0, 0.05) is 0 Å². The van der Waals surface area contributed by atoms with Gasteiger partial charge in [0.1, 0.15) is 0 Å². The van der Waals surface area contributed by atoms with Gasteiger partial charge in [0.25, 0.3) is 0 Å². The van der Waals surface area contributed by atoms with Crippen LogP contribution in [0.15, 0.2) is 18.2 Å². The van der Waals surface area contributed by atoms with Gasteiger partial charge in [-0.05, 0) is 48.4 Å². The highest BCUT2D eigenvalue weighted by atomic mass is 19.4. The first-order chi connectivity index (χ1) is 7.02. The second-order valence-electron chi connectivity index (χ2n) is 4.06. The number of hydrogen-bond donors (Lipinski definition) is 0. The third-order valence-electron chi connectivity index (χ3n) is 3.17. The van der Waals surface area contributed by atoms with Gasteiger partial charge in [0.2, 0.25) is 0 Å². The van der Waals surface area contributed by atoms with Crippen molar-refractivity contribution in [1.29, 1.82) is 0 Å². The zero-order valence-electron chi connectivity index (χ0n) is 8.56. The quantitative estimate of drug-likeness (QED) is 0.659. The van der Waals surface area contributed by atoms with E-state index in [0.717, 1.165) is 30.4 Å². The van der Waals surface area contributed by atoms with E-state index in [9.17, 15) is 13.2 Å². The number of fused-ring (bicyclic) bond motifs is 1. The van der Waals surface area contributed by atoms with E-state index in [4.69, 9.17) is 0 Å². The van der Waals surface area contributed by atoms with Gasteiger partial charge in [-0.1, -0.05) is 13.0 Å². The smallest absolute Gasteiger partial charge is 0.166 e. The van der Waals surface area contributed by atoms with Crippen molar-refractivity contribution in [2.45, 2.75) is 38.3 Å². The summed E-state index contributed by atoms with van der Waals surface area (Å²) >= 11 is 0. The Bertz CT molecular complexity index is 366. The van der Waals surface area contributed by atoms with Crippen LogP contribution in [0.5, 0.6) is 0 Å². The second kappa shape index (κ2) is 3.54. The first-order valence-corrected chi connectivity index (χ1v) is 5.22. The lowest BCUT2D eigenvalue weighted by Crippen LogP contribution is -2.05. The molecule has 2 rings (SSSR count). The van der Waals surface area contributed by atoms with Crippen molar-refractivity contribution in [3.05, 3.63) is 34.9 Å². The molecule has 1 aliphatic carbocycles. The van der Waals surface area contributed by atoms with Gasteiger partial charge in [-0.15, -0.1) is 0 Å². The molecule has 0 saturated heterocycles. The van der Waals surface area contributed by atoms with Gasteiger partial charge >= 0.3 is 6.18 Å². The van der Waals surface area contributed by atoms with E-state index < -0.39 is 11.7 Å². The fourth-order valence-electron chi connectivity index (χ4n) is 2.31. The van der Waals surface area contributed by atoms with Gasteiger partial charge < -0.3 is 0 Å². The first kappa shape index (κ1) is 10.5. The van der Waals surface area contributed by atoms with E-state index in [1.54, 1.807) is 6.07 Å². The van der Waals surface area contributed by atoms with Crippen molar-refractivity contribution in [2.24, 2.45) is 0 Å². The van der Waals surface area contributed by atoms with Crippen LogP contribution in [0, 0.1) is 0 Å². The molecule has 0 aliphatic heterocycles. The molecule has 15 heavy (non-hydrogen) atoms. The Morgan fingerprint density at radius 1 is 1.33 bits per heavy atom.